The van der Waals surface area contributed by atoms with E-state index in [-0.39, 0.29) is 39.6 Å². The fourth-order valence-corrected chi connectivity index (χ4v) is 0.961. The van der Waals surface area contributed by atoms with Crippen LogP contribution in [-0.4, -0.2) is 33.3 Å². The van der Waals surface area contributed by atoms with Crippen LogP contribution in [0.1, 0.15) is 27.7 Å². The van der Waals surface area contributed by atoms with E-state index in [2.05, 4.69) is 32.8 Å². The summed E-state index contributed by atoms with van der Waals surface area (Å²) in [6.45, 7) is 5.94. The van der Waals surface area contributed by atoms with Crippen molar-refractivity contribution in [2.24, 2.45) is 20.6 Å². The molecule has 0 atom stereocenters. The van der Waals surface area contributed by atoms with Crippen LogP contribution in [0.3, 0.4) is 0 Å². The summed E-state index contributed by atoms with van der Waals surface area (Å²) >= 11 is 0. The van der Waals surface area contributed by atoms with Gasteiger partial charge in [0.1, 0.15) is 0 Å². The Morgan fingerprint density at radius 2 is 0.806 bits per heavy atom. The van der Waals surface area contributed by atoms with E-state index in [0.29, 0.717) is 0 Å². The average Bonchev–Trinajstić information content (AvgIpc) is 2.83. The summed E-state index contributed by atoms with van der Waals surface area (Å²) in [4.78, 5) is 0. The molecule has 8 nitrogen and oxygen atoms in total. The van der Waals surface area contributed by atoms with Crippen LogP contribution in [0.4, 0.5) is 25.2 Å². The zero-order valence-electron chi connectivity index (χ0n) is 19.3. The summed E-state index contributed by atoms with van der Waals surface area (Å²) < 4.78 is 59.2. The predicted octanol–water partition coefficient (Wildman–Crippen LogP) is 7.94. The number of hydrogen-bond acceptors (Lipinski definition) is 8. The smallest absolute Gasteiger partial charge is 0.184 e. The molecule has 0 aliphatic carbocycles. The van der Waals surface area contributed by atoms with Crippen LogP contribution in [0.15, 0.2) is 81.3 Å². The second-order valence-electron chi connectivity index (χ2n) is 5.84. The Morgan fingerprint density at radius 1 is 0.583 bits per heavy atom. The van der Waals surface area contributed by atoms with Crippen molar-refractivity contribution in [2.45, 2.75) is 27.7 Å². The Labute approximate surface area is 214 Å². The second kappa shape index (κ2) is 19.1. The van der Waals surface area contributed by atoms with Gasteiger partial charge in [0.2, 0.25) is 0 Å². The minimum atomic E-state index is -10.7. The second-order valence-corrected chi connectivity index (χ2v) is 7.75. The van der Waals surface area contributed by atoms with Gasteiger partial charge in [-0.2, -0.15) is 72.8 Å². The number of nitrogens with zero attached hydrogens (tertiary/aromatic N) is 4. The van der Waals surface area contributed by atoms with Gasteiger partial charge in [-0.25, -0.2) is 0 Å². The Bertz CT molecular complexity index is 772. The van der Waals surface area contributed by atoms with Gasteiger partial charge < -0.3 is 31.1 Å². The molecule has 0 unspecified atom stereocenters. The van der Waals surface area contributed by atoms with Gasteiger partial charge in [0.25, 0.3) is 0 Å². The van der Waals surface area contributed by atoms with Crippen LogP contribution in [0.5, 0.6) is 0 Å². The summed E-state index contributed by atoms with van der Waals surface area (Å²) in [6, 6.07) is 25.0. The number of benzene rings is 2. The fourth-order valence-electron chi connectivity index (χ4n) is 0.961. The van der Waals surface area contributed by atoms with Gasteiger partial charge in [-0.05, 0) is 27.7 Å². The molecule has 0 saturated carbocycles. The maximum Gasteiger partial charge on any atom is 3.00 e. The molecule has 2 aromatic rings. The van der Waals surface area contributed by atoms with Crippen molar-refractivity contribution in [1.29, 1.82) is 0 Å². The fraction of sp³-hybridized carbons (Fsp3) is 0.200. The molecule has 0 fully saturated rings. The molecule has 36 heavy (non-hydrogen) atoms. The molecular formula is C20H24CoF6N4O4P-2. The summed E-state index contributed by atoms with van der Waals surface area (Å²) in [5.74, 6) is 0. The normalized spacial score (nSPS) is 13.5. The van der Waals surface area contributed by atoms with Crippen molar-refractivity contribution in [2.75, 3.05) is 0 Å². The van der Waals surface area contributed by atoms with Crippen molar-refractivity contribution in [3.05, 3.63) is 83.2 Å². The zero-order chi connectivity index (χ0) is 28.0. The van der Waals surface area contributed by atoms with E-state index in [1.165, 1.54) is 27.7 Å². The van der Waals surface area contributed by atoms with E-state index >= 15 is 0 Å². The Balaban J connectivity index is -0.000000177. The van der Waals surface area contributed by atoms with Gasteiger partial charge in [0.15, 0.2) is 0 Å². The molecule has 2 rings (SSSR count). The number of halogens is 6. The maximum absolute atomic E-state index is 10.7. The first kappa shape index (κ1) is 40.0. The molecule has 0 heterocycles. The third-order valence-electron chi connectivity index (χ3n) is 2.84. The zero-order valence-corrected chi connectivity index (χ0v) is 21.3. The molecule has 206 valence electrons. The monoisotopic (exact) mass is 588 g/mol. The molecule has 2 N–H and O–H groups in total. The van der Waals surface area contributed by atoms with E-state index in [1.807, 2.05) is 60.7 Å². The first-order chi connectivity index (χ1) is 15.9. The minimum Gasteiger partial charge on any atom is -0.184 e. The summed E-state index contributed by atoms with van der Waals surface area (Å²) in [5.41, 5.74) is 0.903. The molecule has 0 bridgehead atoms. The average molecular weight is 588 g/mol. The van der Waals surface area contributed by atoms with E-state index in [4.69, 9.17) is 10.4 Å². The van der Waals surface area contributed by atoms with Crippen molar-refractivity contribution >= 4 is 30.7 Å². The molecule has 2 aromatic carbocycles. The van der Waals surface area contributed by atoms with E-state index in [1.54, 1.807) is 0 Å². The first-order valence-electron chi connectivity index (χ1n) is 9.00. The number of hydrogen-bond donors (Lipinski definition) is 2. The van der Waals surface area contributed by atoms with Gasteiger partial charge in [0, 0.05) is 0 Å². The maximum atomic E-state index is 9.87. The quantitative estimate of drug-likeness (QED) is 0.0919. The van der Waals surface area contributed by atoms with Crippen LogP contribution in [0.25, 0.3) is 0 Å². The van der Waals surface area contributed by atoms with Gasteiger partial charge in [-0.1, -0.05) is 10.3 Å². The molecule has 0 aliphatic rings. The van der Waals surface area contributed by atoms with Crippen molar-refractivity contribution in [3.8, 4) is 0 Å². The molecule has 0 spiro atoms. The molecule has 0 aromatic heterocycles. The van der Waals surface area contributed by atoms with E-state index in [9.17, 15) is 35.6 Å². The number of oxime groups is 2. The summed E-state index contributed by atoms with van der Waals surface area (Å²) in [5, 5.41) is 45.8. The first-order valence-corrected chi connectivity index (χ1v) is 11.0. The molecule has 16 heteroatoms. The minimum absolute atomic E-state index is 0. The number of rotatable bonds is 2. The van der Waals surface area contributed by atoms with Crippen LogP contribution >= 0.6 is 7.81 Å². The Hall–Kier alpha value is -3.16. The van der Waals surface area contributed by atoms with Crippen LogP contribution in [0.2, 0.25) is 0 Å². The molecule has 0 saturated heterocycles. The molecule has 0 radical (unpaired) electrons. The Morgan fingerprint density at radius 3 is 0.861 bits per heavy atom. The molecule has 0 amide bonds. The molecule has 0 aliphatic heterocycles. The van der Waals surface area contributed by atoms with Gasteiger partial charge in [0.05, 0.1) is 22.8 Å². The van der Waals surface area contributed by atoms with Crippen LogP contribution < -0.4 is 0 Å². The van der Waals surface area contributed by atoms with Crippen LogP contribution in [0, 0.1) is 22.5 Å². The van der Waals surface area contributed by atoms with Crippen molar-refractivity contribution < 1.29 is 52.4 Å². The van der Waals surface area contributed by atoms with Gasteiger partial charge >= 0.3 is 49.8 Å². The molecular weight excluding hydrogens is 564 g/mol. The summed E-state index contributed by atoms with van der Waals surface area (Å²) in [6.07, 6.45) is 0. The van der Waals surface area contributed by atoms with Gasteiger partial charge in [-0.3, -0.25) is 0 Å². The van der Waals surface area contributed by atoms with Crippen molar-refractivity contribution in [1.82, 2.24) is 0 Å². The third-order valence-corrected chi connectivity index (χ3v) is 2.84. The predicted molar refractivity (Wildman–Crippen MR) is 127 cm³/mol. The Kier molecular flexibility index (Phi) is 21.2. The topological polar surface area (TPSA) is 136 Å². The van der Waals surface area contributed by atoms with E-state index in [0.717, 1.165) is 0 Å². The van der Waals surface area contributed by atoms with E-state index < -0.39 is 7.81 Å². The summed E-state index contributed by atoms with van der Waals surface area (Å²) in [7, 11) is -10.7. The SMILES string of the molecule is CC(=N\[O-])/C(C)=N/O.CC(=N\[O-])/C(C)=N/O.F[P-](F)(F)(F)(F)F.[Co+3].[c-]1ccccc1.[c-]1ccccc1. The third kappa shape index (κ3) is 44.5. The largest absolute Gasteiger partial charge is 3.00 e. The van der Waals surface area contributed by atoms with Gasteiger partial charge in [-0.15, -0.1) is 0 Å². The standard InChI is InChI=1S/2C6H5.2C4H8N2O2.Co.F6P/c2*1-2-4-6-5-3-1;2*1-3(5-7)4(2)6-8;;1-7(2,3,4,5)6/h2*1-5H;2*7-8H,1-2H3;;/q2*-1;;;+3;-1/p-2/b;;2*5-3+,6-4+;;. The van der Waals surface area contributed by atoms with Crippen LogP contribution in [-0.2, 0) is 16.8 Å². The van der Waals surface area contributed by atoms with Crippen molar-refractivity contribution in [3.63, 3.8) is 0 Å².